The molecule has 1 aromatic heterocycles. The average molecular weight is 328 g/mol. The number of esters is 1. The van der Waals surface area contributed by atoms with Crippen LogP contribution in [0, 0.1) is 0 Å². The van der Waals surface area contributed by atoms with E-state index < -0.39 is 11.9 Å². The maximum atomic E-state index is 11.6. The summed E-state index contributed by atoms with van der Waals surface area (Å²) in [5, 5.41) is 3.20. The van der Waals surface area contributed by atoms with Crippen LogP contribution in [-0.2, 0) is 16.1 Å². The number of carbonyl (C=O) groups excluding carboxylic acids is 2. The van der Waals surface area contributed by atoms with Crippen molar-refractivity contribution in [2.45, 2.75) is 6.61 Å². The van der Waals surface area contributed by atoms with E-state index in [1.54, 1.807) is 24.3 Å². The van der Waals surface area contributed by atoms with E-state index in [1.165, 1.54) is 12.3 Å². The van der Waals surface area contributed by atoms with Crippen LogP contribution in [0.25, 0.3) is 0 Å². The van der Waals surface area contributed by atoms with Crippen molar-refractivity contribution in [3.63, 3.8) is 0 Å². The molecule has 1 aromatic carbocycles. The summed E-state index contributed by atoms with van der Waals surface area (Å²) in [7, 11) is 0. The van der Waals surface area contributed by atoms with E-state index in [4.69, 9.17) is 32.4 Å². The molecule has 21 heavy (non-hydrogen) atoms. The number of nitrogens with one attached hydrogen (secondary N) is 1. The first kappa shape index (κ1) is 15.4. The second-order valence-electron chi connectivity index (χ2n) is 4.02. The first-order valence-corrected chi connectivity index (χ1v) is 6.73. The zero-order valence-electron chi connectivity index (χ0n) is 10.8. The summed E-state index contributed by atoms with van der Waals surface area (Å²) >= 11 is 11.9. The van der Waals surface area contributed by atoms with Gasteiger partial charge < -0.3 is 14.5 Å². The molecule has 2 rings (SSSR count). The van der Waals surface area contributed by atoms with Crippen molar-refractivity contribution in [2.75, 3.05) is 6.54 Å². The van der Waals surface area contributed by atoms with E-state index in [0.29, 0.717) is 15.6 Å². The molecule has 110 valence electrons. The van der Waals surface area contributed by atoms with Gasteiger partial charge in [-0.05, 0) is 24.3 Å². The molecule has 1 heterocycles. The Hall–Kier alpha value is -1.98. The van der Waals surface area contributed by atoms with Gasteiger partial charge in [0.1, 0.15) is 13.2 Å². The zero-order chi connectivity index (χ0) is 15.2. The number of halogens is 2. The molecule has 0 radical (unpaired) electrons. The molecule has 0 aliphatic rings. The van der Waals surface area contributed by atoms with Crippen LogP contribution < -0.4 is 5.32 Å². The summed E-state index contributed by atoms with van der Waals surface area (Å²) < 4.78 is 9.89. The van der Waals surface area contributed by atoms with E-state index in [2.05, 4.69) is 5.32 Å². The number of hydrogen-bond donors (Lipinski definition) is 1. The topological polar surface area (TPSA) is 68.5 Å². The number of furan rings is 1. The minimum absolute atomic E-state index is 0.0615. The lowest BCUT2D eigenvalue weighted by Gasteiger charge is -2.08. The normalized spacial score (nSPS) is 10.2. The minimum Gasteiger partial charge on any atom is -0.459 e. The lowest BCUT2D eigenvalue weighted by molar-refractivity contribution is -0.143. The lowest BCUT2D eigenvalue weighted by atomic mass is 10.2. The van der Waals surface area contributed by atoms with Crippen LogP contribution in [0.1, 0.15) is 16.1 Å². The monoisotopic (exact) mass is 327 g/mol. The zero-order valence-corrected chi connectivity index (χ0v) is 12.3. The minimum atomic E-state index is -0.606. The van der Waals surface area contributed by atoms with Crippen LogP contribution in [0.5, 0.6) is 0 Å². The maximum Gasteiger partial charge on any atom is 0.325 e. The summed E-state index contributed by atoms with van der Waals surface area (Å²) in [6, 6.07) is 8.06. The fraction of sp³-hybridized carbons (Fsp3) is 0.143. The number of carbonyl (C=O) groups is 2. The van der Waals surface area contributed by atoms with Crippen LogP contribution in [0.15, 0.2) is 41.0 Å². The summed E-state index contributed by atoms with van der Waals surface area (Å²) in [5.74, 6) is -0.976. The van der Waals surface area contributed by atoms with Crippen molar-refractivity contribution >= 4 is 35.1 Å². The third-order valence-corrected chi connectivity index (χ3v) is 3.29. The van der Waals surface area contributed by atoms with E-state index >= 15 is 0 Å². The third-order valence-electron chi connectivity index (χ3n) is 2.58. The molecular weight excluding hydrogens is 317 g/mol. The van der Waals surface area contributed by atoms with Gasteiger partial charge in [0.2, 0.25) is 0 Å². The summed E-state index contributed by atoms with van der Waals surface area (Å²) in [4.78, 5) is 23.1. The number of benzene rings is 1. The molecule has 1 amide bonds. The van der Waals surface area contributed by atoms with Gasteiger partial charge in [0.05, 0.1) is 6.26 Å². The Morgan fingerprint density at radius 3 is 2.48 bits per heavy atom. The van der Waals surface area contributed by atoms with Gasteiger partial charge in [-0.2, -0.15) is 0 Å². The Balaban J connectivity index is 1.81. The highest BCUT2D eigenvalue weighted by Gasteiger charge is 2.12. The molecule has 0 spiro atoms. The van der Waals surface area contributed by atoms with E-state index in [-0.39, 0.29) is 18.9 Å². The fourth-order valence-corrected chi connectivity index (χ4v) is 2.03. The Morgan fingerprint density at radius 2 is 1.86 bits per heavy atom. The average Bonchev–Trinajstić information content (AvgIpc) is 2.98. The first-order valence-electron chi connectivity index (χ1n) is 5.98. The van der Waals surface area contributed by atoms with Gasteiger partial charge in [-0.1, -0.05) is 29.3 Å². The Labute approximate surface area is 130 Å². The Kier molecular flexibility index (Phi) is 5.25. The number of ether oxygens (including phenoxy) is 1. The molecule has 0 saturated heterocycles. The Bertz CT molecular complexity index is 620. The van der Waals surface area contributed by atoms with E-state index in [9.17, 15) is 9.59 Å². The number of rotatable bonds is 5. The predicted molar refractivity (Wildman–Crippen MR) is 77.3 cm³/mol. The molecule has 0 atom stereocenters. The van der Waals surface area contributed by atoms with Crippen molar-refractivity contribution in [1.29, 1.82) is 0 Å². The van der Waals surface area contributed by atoms with E-state index in [0.717, 1.165) is 0 Å². The fourth-order valence-electron chi connectivity index (χ4n) is 1.52. The van der Waals surface area contributed by atoms with Crippen LogP contribution in [0.4, 0.5) is 0 Å². The molecule has 0 bridgehead atoms. The largest absolute Gasteiger partial charge is 0.459 e. The highest BCUT2D eigenvalue weighted by atomic mass is 35.5. The van der Waals surface area contributed by atoms with Crippen molar-refractivity contribution in [3.05, 3.63) is 58.0 Å². The number of amides is 1. The quantitative estimate of drug-likeness (QED) is 0.857. The second-order valence-corrected chi connectivity index (χ2v) is 4.84. The van der Waals surface area contributed by atoms with Gasteiger partial charge in [0.15, 0.2) is 5.76 Å². The summed E-state index contributed by atoms with van der Waals surface area (Å²) in [6.07, 6.45) is 1.37. The van der Waals surface area contributed by atoms with Crippen molar-refractivity contribution in [3.8, 4) is 0 Å². The maximum absolute atomic E-state index is 11.6. The molecule has 7 heteroatoms. The molecule has 0 aliphatic carbocycles. The highest BCUT2D eigenvalue weighted by molar-refractivity contribution is 6.35. The van der Waals surface area contributed by atoms with Gasteiger partial charge >= 0.3 is 5.97 Å². The van der Waals surface area contributed by atoms with Crippen LogP contribution in [-0.4, -0.2) is 18.4 Å². The summed E-state index contributed by atoms with van der Waals surface area (Å²) in [6.45, 7) is -0.338. The summed E-state index contributed by atoms with van der Waals surface area (Å²) in [5.41, 5.74) is 0.520. The predicted octanol–water partition coefficient (Wildman–Crippen LogP) is 3.06. The SMILES string of the molecule is O=C(CNC(=O)c1ccco1)OCc1c(Cl)cccc1Cl. The van der Waals surface area contributed by atoms with Crippen molar-refractivity contribution in [2.24, 2.45) is 0 Å². The standard InChI is InChI=1S/C14H11Cl2NO4/c15-10-3-1-4-11(16)9(10)8-21-13(18)7-17-14(19)12-5-2-6-20-12/h1-6H,7-8H2,(H,17,19). The first-order chi connectivity index (χ1) is 10.1. The van der Waals surface area contributed by atoms with Crippen molar-refractivity contribution in [1.82, 2.24) is 5.32 Å². The molecule has 0 saturated carbocycles. The molecular formula is C14H11Cl2NO4. The van der Waals surface area contributed by atoms with E-state index in [1.807, 2.05) is 0 Å². The number of hydrogen-bond acceptors (Lipinski definition) is 4. The smallest absolute Gasteiger partial charge is 0.325 e. The van der Waals surface area contributed by atoms with Gasteiger partial charge in [-0.25, -0.2) is 0 Å². The van der Waals surface area contributed by atoms with Crippen molar-refractivity contribution < 1.29 is 18.7 Å². The molecule has 1 N–H and O–H groups in total. The molecule has 2 aromatic rings. The lowest BCUT2D eigenvalue weighted by Crippen LogP contribution is -2.30. The molecule has 0 fully saturated rings. The van der Waals surface area contributed by atoms with Crippen LogP contribution >= 0.6 is 23.2 Å². The molecule has 0 unspecified atom stereocenters. The van der Waals surface area contributed by atoms with Crippen LogP contribution in [0.3, 0.4) is 0 Å². The van der Waals surface area contributed by atoms with Gasteiger partial charge in [-0.3, -0.25) is 9.59 Å². The second kappa shape index (κ2) is 7.15. The van der Waals surface area contributed by atoms with Gasteiger partial charge in [0, 0.05) is 15.6 Å². The van der Waals surface area contributed by atoms with Gasteiger partial charge in [-0.15, -0.1) is 0 Å². The van der Waals surface area contributed by atoms with Crippen LogP contribution in [0.2, 0.25) is 10.0 Å². The van der Waals surface area contributed by atoms with Gasteiger partial charge in [0.25, 0.3) is 5.91 Å². The molecule has 5 nitrogen and oxygen atoms in total. The molecule has 0 aliphatic heterocycles. The highest BCUT2D eigenvalue weighted by Crippen LogP contribution is 2.24. The third kappa shape index (κ3) is 4.24. The Morgan fingerprint density at radius 1 is 1.14 bits per heavy atom.